The molecule has 0 bridgehead atoms. The van der Waals surface area contributed by atoms with Crippen LogP contribution in [-0.4, -0.2) is 38.6 Å². The van der Waals surface area contributed by atoms with E-state index in [-0.39, 0.29) is 11.7 Å². The fraction of sp³-hybridized carbons (Fsp3) is 0.400. The molecule has 0 aromatic carbocycles. The molecule has 2 aromatic heterocycles. The number of aromatic nitrogens is 4. The lowest BCUT2D eigenvalue weighted by Gasteiger charge is -2.06. The Morgan fingerprint density at radius 2 is 2.37 bits per heavy atom. The van der Waals surface area contributed by atoms with Crippen molar-refractivity contribution in [2.45, 2.75) is 6.42 Å². The normalized spacial score (nSPS) is 10.4. The van der Waals surface area contributed by atoms with Crippen LogP contribution >= 0.6 is 11.5 Å². The third-order valence-electron chi connectivity index (χ3n) is 2.61. The summed E-state index contributed by atoms with van der Waals surface area (Å²) in [6.07, 6.45) is 2.34. The van der Waals surface area contributed by atoms with Crippen LogP contribution in [0, 0.1) is 0 Å². The number of anilines is 2. The number of carbonyl (C=O) groups is 1. The summed E-state index contributed by atoms with van der Waals surface area (Å²) in [5, 5.41) is 14.1. The maximum Gasteiger partial charge on any atom is 0.257 e. The highest BCUT2D eigenvalue weighted by Crippen LogP contribution is 2.26. The van der Waals surface area contributed by atoms with Gasteiger partial charge in [-0.1, -0.05) is 0 Å². The Morgan fingerprint density at radius 1 is 1.58 bits per heavy atom. The van der Waals surface area contributed by atoms with Crippen LogP contribution in [0.1, 0.15) is 16.2 Å². The number of amides is 1. The third kappa shape index (κ3) is 2.81. The summed E-state index contributed by atoms with van der Waals surface area (Å²) in [5.41, 5.74) is 6.07. The van der Waals surface area contributed by atoms with Crippen molar-refractivity contribution in [2.75, 3.05) is 24.6 Å². The minimum Gasteiger partial charge on any atom is -0.382 e. The summed E-state index contributed by atoms with van der Waals surface area (Å²) < 4.78 is 5.83. The zero-order valence-corrected chi connectivity index (χ0v) is 11.5. The standard InChI is InChI=1S/C10H15N7OS/c1-12-9(18)7-8(11)16-19-10(7)13-4-3-6-15-14-5-17(6)2/h5,13H,3-4H2,1-2H3,(H2,11,16)(H,12,18). The molecule has 2 heterocycles. The average Bonchev–Trinajstić information content (AvgIpc) is 2.96. The van der Waals surface area contributed by atoms with Crippen molar-refractivity contribution in [1.29, 1.82) is 0 Å². The summed E-state index contributed by atoms with van der Waals surface area (Å²) in [4.78, 5) is 11.7. The molecule has 102 valence electrons. The highest BCUT2D eigenvalue weighted by Gasteiger charge is 2.17. The molecular weight excluding hydrogens is 266 g/mol. The summed E-state index contributed by atoms with van der Waals surface area (Å²) in [5.74, 6) is 0.865. The minimum absolute atomic E-state index is 0.241. The average molecular weight is 281 g/mol. The summed E-state index contributed by atoms with van der Waals surface area (Å²) in [6.45, 7) is 0.623. The van der Waals surface area contributed by atoms with Crippen molar-refractivity contribution in [3.63, 3.8) is 0 Å². The summed E-state index contributed by atoms with van der Waals surface area (Å²) in [6, 6.07) is 0. The zero-order valence-electron chi connectivity index (χ0n) is 10.7. The Balaban J connectivity index is 2.00. The second kappa shape index (κ2) is 5.65. The van der Waals surface area contributed by atoms with Crippen LogP contribution in [0.15, 0.2) is 6.33 Å². The maximum atomic E-state index is 11.7. The highest BCUT2D eigenvalue weighted by molar-refractivity contribution is 7.11. The maximum absolute atomic E-state index is 11.7. The van der Waals surface area contributed by atoms with Gasteiger partial charge in [0.25, 0.3) is 5.91 Å². The number of hydrogen-bond acceptors (Lipinski definition) is 7. The molecule has 0 aliphatic rings. The lowest BCUT2D eigenvalue weighted by atomic mass is 10.3. The van der Waals surface area contributed by atoms with Gasteiger partial charge in [-0.15, -0.1) is 10.2 Å². The molecule has 0 spiro atoms. The van der Waals surface area contributed by atoms with Crippen LogP contribution in [0.2, 0.25) is 0 Å². The van der Waals surface area contributed by atoms with Crippen LogP contribution in [0.5, 0.6) is 0 Å². The topological polar surface area (TPSA) is 111 Å². The molecule has 8 nitrogen and oxygen atoms in total. The predicted molar refractivity (Wildman–Crippen MR) is 73.1 cm³/mol. The van der Waals surface area contributed by atoms with Gasteiger partial charge in [0, 0.05) is 27.1 Å². The van der Waals surface area contributed by atoms with E-state index in [1.165, 1.54) is 11.5 Å². The molecule has 2 aromatic rings. The van der Waals surface area contributed by atoms with E-state index in [1.807, 2.05) is 11.6 Å². The number of rotatable bonds is 5. The molecule has 0 aliphatic heterocycles. The van der Waals surface area contributed by atoms with Crippen molar-refractivity contribution in [3.8, 4) is 0 Å². The molecule has 0 atom stereocenters. The monoisotopic (exact) mass is 281 g/mol. The second-order valence-corrected chi connectivity index (χ2v) is 4.66. The Hall–Kier alpha value is -2.16. The Kier molecular flexibility index (Phi) is 3.95. The van der Waals surface area contributed by atoms with Gasteiger partial charge in [0.05, 0.1) is 0 Å². The van der Waals surface area contributed by atoms with E-state index >= 15 is 0 Å². The fourth-order valence-corrected chi connectivity index (χ4v) is 2.32. The van der Waals surface area contributed by atoms with Crippen LogP contribution in [-0.2, 0) is 13.5 Å². The van der Waals surface area contributed by atoms with E-state index in [0.717, 1.165) is 5.82 Å². The molecule has 0 saturated carbocycles. The molecule has 4 N–H and O–H groups in total. The van der Waals surface area contributed by atoms with E-state index in [0.29, 0.717) is 23.5 Å². The molecule has 0 fully saturated rings. The molecular formula is C10H15N7OS. The smallest absolute Gasteiger partial charge is 0.257 e. The molecule has 1 amide bonds. The molecule has 0 unspecified atom stereocenters. The Bertz CT molecular complexity index is 576. The van der Waals surface area contributed by atoms with Gasteiger partial charge < -0.3 is 20.9 Å². The molecule has 19 heavy (non-hydrogen) atoms. The van der Waals surface area contributed by atoms with Gasteiger partial charge in [-0.2, -0.15) is 4.37 Å². The van der Waals surface area contributed by atoms with Gasteiger partial charge in [-0.3, -0.25) is 4.79 Å². The second-order valence-electron chi connectivity index (χ2n) is 3.89. The van der Waals surface area contributed by atoms with Crippen LogP contribution in [0.4, 0.5) is 10.8 Å². The SMILES string of the molecule is CNC(=O)c1c(N)nsc1NCCc1nncn1C. The lowest BCUT2D eigenvalue weighted by molar-refractivity contribution is 0.0965. The van der Waals surface area contributed by atoms with E-state index < -0.39 is 0 Å². The third-order valence-corrected chi connectivity index (χ3v) is 3.43. The van der Waals surface area contributed by atoms with Crippen LogP contribution in [0.3, 0.4) is 0 Å². The fourth-order valence-electron chi connectivity index (χ4n) is 1.59. The summed E-state index contributed by atoms with van der Waals surface area (Å²) >= 11 is 1.17. The van der Waals surface area contributed by atoms with E-state index in [2.05, 4.69) is 25.2 Å². The van der Waals surface area contributed by atoms with Crippen LogP contribution in [0.25, 0.3) is 0 Å². The van der Waals surface area contributed by atoms with Gasteiger partial charge in [-0.25, -0.2) is 0 Å². The zero-order chi connectivity index (χ0) is 13.8. The first-order valence-electron chi connectivity index (χ1n) is 5.67. The van der Waals surface area contributed by atoms with E-state index in [4.69, 9.17) is 5.73 Å². The van der Waals surface area contributed by atoms with E-state index in [1.54, 1.807) is 13.4 Å². The van der Waals surface area contributed by atoms with Gasteiger partial charge >= 0.3 is 0 Å². The quantitative estimate of drug-likeness (QED) is 0.704. The minimum atomic E-state index is -0.243. The molecule has 9 heteroatoms. The number of aryl methyl sites for hydroxylation is 1. The van der Waals surface area contributed by atoms with Crippen molar-refractivity contribution >= 4 is 28.3 Å². The molecule has 0 radical (unpaired) electrons. The number of nitrogens with two attached hydrogens (primary N) is 1. The first-order valence-corrected chi connectivity index (χ1v) is 6.44. The number of nitrogens with zero attached hydrogens (tertiary/aromatic N) is 4. The van der Waals surface area contributed by atoms with Gasteiger partial charge in [0.15, 0.2) is 5.82 Å². The van der Waals surface area contributed by atoms with Crippen molar-refractivity contribution in [2.24, 2.45) is 7.05 Å². The highest BCUT2D eigenvalue weighted by atomic mass is 32.1. The van der Waals surface area contributed by atoms with Crippen molar-refractivity contribution in [3.05, 3.63) is 17.7 Å². The van der Waals surface area contributed by atoms with E-state index in [9.17, 15) is 4.79 Å². The number of hydrogen-bond donors (Lipinski definition) is 3. The van der Waals surface area contributed by atoms with Gasteiger partial charge in [0.2, 0.25) is 0 Å². The number of carbonyl (C=O) groups excluding carboxylic acids is 1. The lowest BCUT2D eigenvalue weighted by Crippen LogP contribution is -2.20. The predicted octanol–water partition coefficient (Wildman–Crippen LogP) is -0.132. The summed E-state index contributed by atoms with van der Waals surface area (Å²) in [7, 11) is 3.44. The van der Waals surface area contributed by atoms with Crippen LogP contribution < -0.4 is 16.4 Å². The number of nitrogens with one attached hydrogen (secondary N) is 2. The molecule has 0 saturated heterocycles. The van der Waals surface area contributed by atoms with Gasteiger partial charge in [-0.05, 0) is 11.5 Å². The Morgan fingerprint density at radius 3 is 3.00 bits per heavy atom. The van der Waals surface area contributed by atoms with Crippen molar-refractivity contribution in [1.82, 2.24) is 24.5 Å². The van der Waals surface area contributed by atoms with Gasteiger partial charge in [0.1, 0.15) is 22.7 Å². The molecule has 2 rings (SSSR count). The first kappa shape index (κ1) is 13.3. The van der Waals surface area contributed by atoms with Crippen molar-refractivity contribution < 1.29 is 4.79 Å². The number of nitrogen functional groups attached to an aromatic ring is 1. The Labute approximate surface area is 114 Å². The largest absolute Gasteiger partial charge is 0.382 e. The first-order chi connectivity index (χ1) is 9.13. The molecule has 0 aliphatic carbocycles.